The molecule has 20 heavy (non-hydrogen) atoms. The van der Waals surface area contributed by atoms with Crippen molar-refractivity contribution in [3.8, 4) is 0 Å². The third-order valence-electron chi connectivity index (χ3n) is 4.35. The fourth-order valence-corrected chi connectivity index (χ4v) is 3.42. The number of likely N-dealkylation sites (N-methyl/N-ethyl adjacent to an activating group) is 1. The van der Waals surface area contributed by atoms with E-state index < -0.39 is 0 Å². The van der Waals surface area contributed by atoms with Gasteiger partial charge in [0.1, 0.15) is 5.82 Å². The van der Waals surface area contributed by atoms with E-state index in [0.29, 0.717) is 12.0 Å². The maximum absolute atomic E-state index is 13.5. The minimum atomic E-state index is -0.190. The number of halogens is 1. The summed E-state index contributed by atoms with van der Waals surface area (Å²) < 4.78 is 13.5. The number of nitrogens with two attached hydrogens (primary N) is 1. The third-order valence-corrected chi connectivity index (χ3v) is 4.35. The number of hydrogen-bond donors (Lipinski definition) is 1. The first-order valence-corrected chi connectivity index (χ1v) is 7.31. The lowest BCUT2D eigenvalue weighted by atomic mass is 9.99. The molecule has 1 fully saturated rings. The van der Waals surface area contributed by atoms with Crippen molar-refractivity contribution in [2.45, 2.75) is 32.0 Å². The highest BCUT2D eigenvalue weighted by molar-refractivity contribution is 5.22. The molecule has 3 nitrogen and oxygen atoms in total. The highest BCUT2D eigenvalue weighted by atomic mass is 19.1. The van der Waals surface area contributed by atoms with Crippen LogP contribution >= 0.6 is 0 Å². The van der Waals surface area contributed by atoms with E-state index in [2.05, 4.69) is 30.8 Å². The summed E-state index contributed by atoms with van der Waals surface area (Å²) in [5.74, 6) is 0.407. The van der Waals surface area contributed by atoms with E-state index in [9.17, 15) is 4.39 Å². The van der Waals surface area contributed by atoms with Crippen molar-refractivity contribution in [1.29, 1.82) is 0 Å². The predicted molar refractivity (Wildman–Crippen MR) is 81.0 cm³/mol. The summed E-state index contributed by atoms with van der Waals surface area (Å²) in [7, 11) is 4.24. The maximum Gasteiger partial charge on any atom is 0.123 e. The van der Waals surface area contributed by atoms with Crippen LogP contribution in [-0.4, -0.2) is 49.1 Å². The lowest BCUT2D eigenvalue weighted by molar-refractivity contribution is 0.197. The topological polar surface area (TPSA) is 32.5 Å². The van der Waals surface area contributed by atoms with Gasteiger partial charge in [-0.2, -0.15) is 0 Å². The van der Waals surface area contributed by atoms with Gasteiger partial charge in [0.05, 0.1) is 0 Å². The fourth-order valence-electron chi connectivity index (χ4n) is 3.42. The lowest BCUT2D eigenvalue weighted by Gasteiger charge is -2.32. The van der Waals surface area contributed by atoms with Crippen LogP contribution in [0.1, 0.15) is 25.5 Å². The monoisotopic (exact) mass is 279 g/mol. The Kier molecular flexibility index (Phi) is 4.78. The second-order valence-electron chi connectivity index (χ2n) is 6.32. The first kappa shape index (κ1) is 15.4. The van der Waals surface area contributed by atoms with E-state index in [1.807, 2.05) is 13.0 Å². The molecule has 1 aromatic rings. The summed E-state index contributed by atoms with van der Waals surface area (Å²) in [6.07, 6.45) is 0. The van der Waals surface area contributed by atoms with Gasteiger partial charge in [0.2, 0.25) is 0 Å². The highest BCUT2D eigenvalue weighted by Crippen LogP contribution is 2.31. The van der Waals surface area contributed by atoms with Gasteiger partial charge in [0.15, 0.2) is 0 Å². The van der Waals surface area contributed by atoms with Crippen LogP contribution in [0.5, 0.6) is 0 Å². The molecule has 4 atom stereocenters. The Morgan fingerprint density at radius 1 is 1.35 bits per heavy atom. The molecule has 1 aliphatic heterocycles. The Bertz CT molecular complexity index is 447. The SMILES string of the molecule is CC(N)C(c1cccc(F)c1)N1CC(C)C(N(C)C)C1. The quantitative estimate of drug-likeness (QED) is 0.916. The van der Waals surface area contributed by atoms with Crippen molar-refractivity contribution in [1.82, 2.24) is 9.80 Å². The maximum atomic E-state index is 13.5. The molecule has 1 aliphatic rings. The van der Waals surface area contributed by atoms with E-state index in [-0.39, 0.29) is 17.9 Å². The Labute approximate surface area is 121 Å². The molecule has 1 saturated heterocycles. The highest BCUT2D eigenvalue weighted by Gasteiger charge is 2.36. The molecule has 0 aliphatic carbocycles. The molecule has 4 unspecified atom stereocenters. The van der Waals surface area contributed by atoms with Gasteiger partial charge in [-0.15, -0.1) is 0 Å². The average molecular weight is 279 g/mol. The van der Waals surface area contributed by atoms with Crippen molar-refractivity contribution in [2.24, 2.45) is 11.7 Å². The van der Waals surface area contributed by atoms with Crippen LogP contribution in [0.15, 0.2) is 24.3 Å². The van der Waals surface area contributed by atoms with Crippen LogP contribution in [0, 0.1) is 11.7 Å². The molecule has 0 radical (unpaired) electrons. The van der Waals surface area contributed by atoms with Crippen molar-refractivity contribution in [3.63, 3.8) is 0 Å². The van der Waals surface area contributed by atoms with Crippen LogP contribution in [0.25, 0.3) is 0 Å². The van der Waals surface area contributed by atoms with E-state index in [1.54, 1.807) is 12.1 Å². The van der Waals surface area contributed by atoms with E-state index in [1.165, 1.54) is 6.07 Å². The molecule has 2 N–H and O–H groups in total. The normalized spacial score (nSPS) is 26.9. The third kappa shape index (κ3) is 3.19. The van der Waals surface area contributed by atoms with Crippen molar-refractivity contribution in [3.05, 3.63) is 35.6 Å². The minimum absolute atomic E-state index is 0.0232. The van der Waals surface area contributed by atoms with Crippen LogP contribution in [0.3, 0.4) is 0 Å². The van der Waals surface area contributed by atoms with Crippen molar-refractivity contribution < 1.29 is 4.39 Å². The molecule has 0 amide bonds. The molecule has 112 valence electrons. The van der Waals surface area contributed by atoms with Gasteiger partial charge < -0.3 is 10.6 Å². The van der Waals surface area contributed by atoms with Gasteiger partial charge >= 0.3 is 0 Å². The van der Waals surface area contributed by atoms with Crippen molar-refractivity contribution in [2.75, 3.05) is 27.2 Å². The predicted octanol–water partition coefficient (Wildman–Crippen LogP) is 2.10. The van der Waals surface area contributed by atoms with Gasteiger partial charge in [-0.3, -0.25) is 4.90 Å². The van der Waals surface area contributed by atoms with Crippen LogP contribution < -0.4 is 5.73 Å². The van der Waals surface area contributed by atoms with Crippen LogP contribution in [-0.2, 0) is 0 Å². The summed E-state index contributed by atoms with van der Waals surface area (Å²) in [6.45, 7) is 6.26. The molecule has 1 aromatic carbocycles. The van der Waals surface area contributed by atoms with E-state index in [0.717, 1.165) is 18.7 Å². The minimum Gasteiger partial charge on any atom is -0.326 e. The molecule has 0 saturated carbocycles. The zero-order valence-corrected chi connectivity index (χ0v) is 12.9. The summed E-state index contributed by atoms with van der Waals surface area (Å²) in [6, 6.07) is 7.43. The molecule has 0 bridgehead atoms. The van der Waals surface area contributed by atoms with Gasteiger partial charge in [-0.25, -0.2) is 4.39 Å². The summed E-state index contributed by atoms with van der Waals surface area (Å²) in [4.78, 5) is 4.67. The smallest absolute Gasteiger partial charge is 0.123 e. The summed E-state index contributed by atoms with van der Waals surface area (Å²) in [5, 5.41) is 0. The first-order chi connectivity index (χ1) is 9.40. The van der Waals surface area contributed by atoms with Gasteiger partial charge in [-0.1, -0.05) is 19.1 Å². The number of hydrogen-bond acceptors (Lipinski definition) is 3. The largest absolute Gasteiger partial charge is 0.326 e. The Morgan fingerprint density at radius 3 is 2.55 bits per heavy atom. The molecule has 2 rings (SSSR count). The molecule has 0 spiro atoms. The molecular weight excluding hydrogens is 253 g/mol. The molecular formula is C16H26FN3. The lowest BCUT2D eigenvalue weighted by Crippen LogP contribution is -2.40. The number of nitrogens with zero attached hydrogens (tertiary/aromatic N) is 2. The van der Waals surface area contributed by atoms with Crippen molar-refractivity contribution >= 4 is 0 Å². The Balaban J connectivity index is 2.23. The second kappa shape index (κ2) is 6.20. The molecule has 4 heteroatoms. The number of benzene rings is 1. The zero-order chi connectivity index (χ0) is 14.9. The van der Waals surface area contributed by atoms with Gasteiger partial charge in [0.25, 0.3) is 0 Å². The second-order valence-corrected chi connectivity index (χ2v) is 6.32. The number of likely N-dealkylation sites (tertiary alicyclic amines) is 1. The zero-order valence-electron chi connectivity index (χ0n) is 12.9. The summed E-state index contributed by atoms with van der Waals surface area (Å²) >= 11 is 0. The standard InChI is InChI=1S/C16H26FN3/c1-11-9-20(10-15(11)19(3)4)16(12(2)18)13-6-5-7-14(17)8-13/h5-8,11-12,15-16H,9-10,18H2,1-4H3. The molecule has 1 heterocycles. The Hall–Kier alpha value is -0.970. The van der Waals surface area contributed by atoms with Crippen LogP contribution in [0.2, 0.25) is 0 Å². The first-order valence-electron chi connectivity index (χ1n) is 7.31. The van der Waals surface area contributed by atoms with Crippen LogP contribution in [0.4, 0.5) is 4.39 Å². The number of rotatable bonds is 4. The fraction of sp³-hybridized carbons (Fsp3) is 0.625. The van der Waals surface area contributed by atoms with Gasteiger partial charge in [0, 0.05) is 31.2 Å². The molecule has 0 aromatic heterocycles. The van der Waals surface area contributed by atoms with Gasteiger partial charge in [-0.05, 0) is 44.6 Å². The van der Waals surface area contributed by atoms with E-state index in [4.69, 9.17) is 5.73 Å². The Morgan fingerprint density at radius 2 is 2.05 bits per heavy atom. The van der Waals surface area contributed by atoms with E-state index >= 15 is 0 Å². The summed E-state index contributed by atoms with van der Waals surface area (Å²) in [5.41, 5.74) is 7.17. The average Bonchev–Trinajstić information content (AvgIpc) is 2.71.